The molecule has 0 aromatic heterocycles. The molecule has 0 aliphatic heterocycles. The summed E-state index contributed by atoms with van der Waals surface area (Å²) in [6.45, 7) is 0. The number of rotatable bonds is 2. The van der Waals surface area contributed by atoms with Crippen LogP contribution in [0.2, 0.25) is 0 Å². The summed E-state index contributed by atoms with van der Waals surface area (Å²) in [4.78, 5) is 9.33. The topological polar surface area (TPSA) is 37.3 Å². The maximum atomic E-state index is 11.1. The predicted molar refractivity (Wildman–Crippen MR) is 24.1 cm³/mol. The van der Waals surface area contributed by atoms with Crippen molar-refractivity contribution in [3.8, 4) is 0 Å². The average molecular weight is 148 g/mol. The van der Waals surface area contributed by atoms with Crippen molar-refractivity contribution in [2.24, 2.45) is 0 Å². The van der Waals surface area contributed by atoms with Gasteiger partial charge < -0.3 is 0 Å². The third-order valence-corrected chi connectivity index (χ3v) is 1.06. The minimum atomic E-state index is -5.82. The van der Waals surface area contributed by atoms with Crippen LogP contribution in [0.1, 0.15) is 0 Å². The van der Waals surface area contributed by atoms with Crippen LogP contribution in [-0.2, 0) is 4.79 Å². The molecule has 0 unspecified atom stereocenters. The standard InChI is InChI=1S/C2H4F3O2P/c3-8(4,5)1-2(6)7/h8H,1H2,(H,6,7). The SMILES string of the molecule is O=C(O)C[PH](F)(F)F. The van der Waals surface area contributed by atoms with Crippen molar-refractivity contribution in [3.63, 3.8) is 0 Å². The first-order valence-electron chi connectivity index (χ1n) is 1.70. The fourth-order valence-electron chi connectivity index (χ4n) is 0.171. The van der Waals surface area contributed by atoms with Crippen LogP contribution in [-0.4, -0.2) is 17.2 Å². The first kappa shape index (κ1) is 7.69. The van der Waals surface area contributed by atoms with E-state index in [0.29, 0.717) is 0 Å². The summed E-state index contributed by atoms with van der Waals surface area (Å²) in [5.74, 6) is -1.79. The van der Waals surface area contributed by atoms with Crippen molar-refractivity contribution in [3.05, 3.63) is 0 Å². The second-order valence-corrected chi connectivity index (χ2v) is 2.77. The van der Waals surface area contributed by atoms with Gasteiger partial charge in [-0.25, -0.2) is 0 Å². The van der Waals surface area contributed by atoms with E-state index in [2.05, 4.69) is 0 Å². The van der Waals surface area contributed by atoms with Crippen LogP contribution in [0.15, 0.2) is 0 Å². The molecule has 0 atom stereocenters. The summed E-state index contributed by atoms with van der Waals surface area (Å²) in [5.41, 5.74) is 0. The van der Waals surface area contributed by atoms with Gasteiger partial charge in [-0.3, -0.25) is 0 Å². The molecule has 0 saturated carbocycles. The Hall–Kier alpha value is -0.310. The molecule has 0 radical (unpaired) electrons. The summed E-state index contributed by atoms with van der Waals surface area (Å²) < 4.78 is 33.2. The summed E-state index contributed by atoms with van der Waals surface area (Å²) in [7, 11) is -5.82. The van der Waals surface area contributed by atoms with Crippen molar-refractivity contribution in [2.45, 2.75) is 0 Å². The van der Waals surface area contributed by atoms with Gasteiger partial charge in [0.1, 0.15) is 0 Å². The Morgan fingerprint density at radius 1 is 1.50 bits per heavy atom. The van der Waals surface area contributed by atoms with Gasteiger partial charge in [-0.2, -0.15) is 0 Å². The zero-order chi connectivity index (χ0) is 6.78. The van der Waals surface area contributed by atoms with Crippen LogP contribution >= 0.6 is 8.19 Å². The number of aliphatic carboxylic acids is 1. The van der Waals surface area contributed by atoms with Crippen molar-refractivity contribution in [2.75, 3.05) is 6.16 Å². The van der Waals surface area contributed by atoms with E-state index >= 15 is 0 Å². The number of hydrogen-bond acceptors (Lipinski definition) is 1. The molecule has 8 heavy (non-hydrogen) atoms. The predicted octanol–water partition coefficient (Wildman–Crippen LogP) is 1.47. The summed E-state index contributed by atoms with van der Waals surface area (Å²) in [6.07, 6.45) is -1.62. The molecule has 0 spiro atoms. The van der Waals surface area contributed by atoms with E-state index in [4.69, 9.17) is 5.11 Å². The van der Waals surface area contributed by atoms with E-state index in [1.165, 1.54) is 0 Å². The van der Waals surface area contributed by atoms with Gasteiger partial charge in [0.25, 0.3) is 0 Å². The molecule has 0 aromatic carbocycles. The second kappa shape index (κ2) is 2.31. The fourth-order valence-corrected chi connectivity index (χ4v) is 0.514. The molecule has 6 heteroatoms. The summed E-state index contributed by atoms with van der Waals surface area (Å²) >= 11 is 0. The fraction of sp³-hybridized carbons (Fsp3) is 0.500. The zero-order valence-electron chi connectivity index (χ0n) is 3.70. The zero-order valence-corrected chi connectivity index (χ0v) is 4.70. The van der Waals surface area contributed by atoms with Crippen LogP contribution in [0, 0.1) is 0 Å². The van der Waals surface area contributed by atoms with Crippen molar-refractivity contribution >= 4 is 14.2 Å². The van der Waals surface area contributed by atoms with Crippen LogP contribution in [0.5, 0.6) is 0 Å². The van der Waals surface area contributed by atoms with E-state index < -0.39 is 20.3 Å². The van der Waals surface area contributed by atoms with Crippen molar-refractivity contribution in [1.29, 1.82) is 0 Å². The van der Waals surface area contributed by atoms with E-state index in [1.54, 1.807) is 0 Å². The molecule has 0 saturated heterocycles. The van der Waals surface area contributed by atoms with E-state index in [9.17, 15) is 17.4 Å². The Balaban J connectivity index is 3.55. The van der Waals surface area contributed by atoms with Gasteiger partial charge in [0.2, 0.25) is 0 Å². The molecule has 0 aliphatic rings. The average Bonchev–Trinajstić information content (AvgIpc) is 1.21. The third-order valence-electron chi connectivity index (χ3n) is 0.352. The van der Waals surface area contributed by atoms with Crippen molar-refractivity contribution in [1.82, 2.24) is 0 Å². The van der Waals surface area contributed by atoms with E-state index in [1.807, 2.05) is 0 Å². The van der Waals surface area contributed by atoms with Gasteiger partial charge in [0, 0.05) is 0 Å². The normalized spacial score (nSPS) is 13.4. The molecule has 0 aromatic rings. The van der Waals surface area contributed by atoms with Gasteiger partial charge in [-0.05, 0) is 0 Å². The van der Waals surface area contributed by atoms with Gasteiger partial charge in [0.15, 0.2) is 0 Å². The monoisotopic (exact) mass is 148 g/mol. The molecule has 0 fully saturated rings. The first-order valence-corrected chi connectivity index (χ1v) is 3.54. The van der Waals surface area contributed by atoms with Gasteiger partial charge in [-0.1, -0.05) is 0 Å². The molecule has 1 N–H and O–H groups in total. The van der Waals surface area contributed by atoms with Gasteiger partial charge in [0.05, 0.1) is 0 Å². The number of carbonyl (C=O) groups is 1. The Kier molecular flexibility index (Phi) is 2.22. The van der Waals surface area contributed by atoms with Gasteiger partial charge >= 0.3 is 42.8 Å². The number of hydrogen-bond donors (Lipinski definition) is 1. The Labute approximate surface area is 44.0 Å². The Morgan fingerprint density at radius 2 is 1.88 bits per heavy atom. The quantitative estimate of drug-likeness (QED) is 0.602. The van der Waals surface area contributed by atoms with Gasteiger partial charge in [-0.15, -0.1) is 0 Å². The number of carboxylic acids is 1. The van der Waals surface area contributed by atoms with Crippen LogP contribution in [0.25, 0.3) is 0 Å². The van der Waals surface area contributed by atoms with Crippen molar-refractivity contribution < 1.29 is 22.5 Å². The minimum absolute atomic E-state index is 1.62. The molecule has 2 nitrogen and oxygen atoms in total. The molecule has 0 rings (SSSR count). The van der Waals surface area contributed by atoms with E-state index in [-0.39, 0.29) is 0 Å². The first-order chi connectivity index (χ1) is 3.42. The molecule has 0 amide bonds. The Bertz CT molecular complexity index is 97.9. The van der Waals surface area contributed by atoms with Crippen LogP contribution in [0.3, 0.4) is 0 Å². The molecule has 50 valence electrons. The molecule has 0 bridgehead atoms. The third kappa shape index (κ3) is 5.69. The van der Waals surface area contributed by atoms with Crippen LogP contribution < -0.4 is 0 Å². The molecular formula is C2H4F3O2P. The molecular weight excluding hydrogens is 144 g/mol. The second-order valence-electron chi connectivity index (χ2n) is 1.19. The van der Waals surface area contributed by atoms with Crippen LogP contribution in [0.4, 0.5) is 12.6 Å². The number of carboxylic acid groups (broad SMARTS) is 1. The molecule has 0 aliphatic carbocycles. The number of halogens is 3. The van der Waals surface area contributed by atoms with E-state index in [0.717, 1.165) is 0 Å². The maximum absolute atomic E-state index is 11.1. The molecule has 0 heterocycles. The summed E-state index contributed by atoms with van der Waals surface area (Å²) in [6, 6.07) is 0. The Morgan fingerprint density at radius 3 is 1.88 bits per heavy atom. The summed E-state index contributed by atoms with van der Waals surface area (Å²) in [5, 5.41) is 7.56.